The summed E-state index contributed by atoms with van der Waals surface area (Å²) < 4.78 is 2.20. The van der Waals surface area contributed by atoms with E-state index in [-0.39, 0.29) is 17.9 Å². The molecule has 1 amide bonds. The quantitative estimate of drug-likeness (QED) is 0.844. The van der Waals surface area contributed by atoms with E-state index in [1.54, 1.807) is 0 Å². The molecule has 0 aliphatic carbocycles. The molecule has 0 saturated carbocycles. The average molecular weight is 368 g/mol. The van der Waals surface area contributed by atoms with E-state index in [1.807, 2.05) is 23.5 Å². The molecule has 1 aromatic carbocycles. The molecule has 1 spiro atoms. The smallest absolute Gasteiger partial charge is 0.230 e. The Balaban J connectivity index is 1.42. The fraction of sp³-hybridized carbons (Fsp3) is 0.524. The second-order valence-corrected chi connectivity index (χ2v) is 7.86. The molecule has 0 bridgehead atoms. The maximum atomic E-state index is 13.0. The largest absolute Gasteiger partial charge is 0.395 e. The number of hydrogen-bond acceptors (Lipinski definition) is 4. The monoisotopic (exact) mass is 368 g/mol. The zero-order valence-electron chi connectivity index (χ0n) is 15.8. The van der Waals surface area contributed by atoms with Gasteiger partial charge in [0.15, 0.2) is 0 Å². The van der Waals surface area contributed by atoms with Crippen LogP contribution < -0.4 is 0 Å². The lowest BCUT2D eigenvalue weighted by atomic mass is 9.78. The van der Waals surface area contributed by atoms with Gasteiger partial charge in [0.2, 0.25) is 5.91 Å². The zero-order chi connectivity index (χ0) is 18.7. The van der Waals surface area contributed by atoms with Crippen molar-refractivity contribution in [2.75, 3.05) is 32.8 Å². The summed E-state index contributed by atoms with van der Waals surface area (Å²) in [6.45, 7) is 4.68. The zero-order valence-corrected chi connectivity index (χ0v) is 15.8. The molecule has 4 rings (SSSR count). The number of aliphatic hydroxyl groups excluding tert-OH is 1. The average Bonchev–Trinajstić information content (AvgIpc) is 3.29. The molecule has 27 heavy (non-hydrogen) atoms. The van der Waals surface area contributed by atoms with Crippen LogP contribution in [-0.2, 0) is 17.9 Å². The summed E-state index contributed by atoms with van der Waals surface area (Å²) in [5.41, 5.74) is 2.20. The van der Waals surface area contributed by atoms with E-state index >= 15 is 0 Å². The summed E-state index contributed by atoms with van der Waals surface area (Å²) in [5, 5.41) is 9.23. The lowest BCUT2D eigenvalue weighted by Crippen LogP contribution is -2.50. The van der Waals surface area contributed by atoms with Crippen molar-refractivity contribution < 1.29 is 9.90 Å². The maximum absolute atomic E-state index is 13.0. The molecule has 0 radical (unpaired) electrons. The van der Waals surface area contributed by atoms with Crippen LogP contribution in [0.3, 0.4) is 0 Å². The van der Waals surface area contributed by atoms with E-state index < -0.39 is 0 Å². The second kappa shape index (κ2) is 7.82. The highest BCUT2D eigenvalue weighted by molar-refractivity contribution is 5.84. The Morgan fingerprint density at radius 1 is 1.11 bits per heavy atom. The fourth-order valence-electron chi connectivity index (χ4n) is 4.59. The first-order valence-corrected chi connectivity index (χ1v) is 9.86. The molecule has 2 aliphatic rings. The van der Waals surface area contributed by atoms with Crippen LogP contribution >= 0.6 is 0 Å². The highest BCUT2D eigenvalue weighted by Crippen LogP contribution is 2.40. The van der Waals surface area contributed by atoms with Crippen LogP contribution in [0.2, 0.25) is 0 Å². The van der Waals surface area contributed by atoms with E-state index in [1.165, 1.54) is 11.3 Å². The molecule has 2 aromatic rings. The first kappa shape index (κ1) is 18.2. The number of β-amino-alcohol motifs (C(OH)–C–C–N with tert-alkyl or cyclic N) is 1. The topological polar surface area (TPSA) is 61.6 Å². The molecule has 1 aromatic heterocycles. The Bertz CT molecular complexity index is 773. The van der Waals surface area contributed by atoms with Crippen molar-refractivity contribution in [1.82, 2.24) is 19.4 Å². The number of piperidine rings is 1. The standard InChI is InChI=1S/C21H28N4O2/c26-12-11-24-9-4-7-21(20(24)27)8-10-23(16-21)15-19-13-22-17-25(19)14-18-5-2-1-3-6-18/h1-3,5-6,13,17,26H,4,7-12,14-16H2/t21-/m1/s1. The number of imidazole rings is 1. The molecule has 3 heterocycles. The summed E-state index contributed by atoms with van der Waals surface area (Å²) in [6, 6.07) is 10.4. The van der Waals surface area contributed by atoms with Crippen molar-refractivity contribution in [3.63, 3.8) is 0 Å². The number of aromatic nitrogens is 2. The van der Waals surface area contributed by atoms with Gasteiger partial charge in [0.25, 0.3) is 0 Å². The molecule has 2 fully saturated rings. The minimum atomic E-state index is -0.252. The minimum Gasteiger partial charge on any atom is -0.395 e. The third-order valence-electron chi connectivity index (χ3n) is 6.01. The van der Waals surface area contributed by atoms with Gasteiger partial charge < -0.3 is 14.6 Å². The number of amides is 1. The molecule has 2 saturated heterocycles. The van der Waals surface area contributed by atoms with Crippen molar-refractivity contribution in [3.8, 4) is 0 Å². The Hall–Kier alpha value is -2.18. The van der Waals surface area contributed by atoms with Crippen molar-refractivity contribution in [2.24, 2.45) is 5.41 Å². The van der Waals surface area contributed by atoms with Gasteiger partial charge in [-0.25, -0.2) is 4.98 Å². The van der Waals surface area contributed by atoms with Gasteiger partial charge >= 0.3 is 0 Å². The number of carbonyl (C=O) groups excluding carboxylic acids is 1. The number of carbonyl (C=O) groups is 1. The molecule has 6 nitrogen and oxygen atoms in total. The van der Waals surface area contributed by atoms with Gasteiger partial charge in [0, 0.05) is 38.9 Å². The van der Waals surface area contributed by atoms with Gasteiger partial charge in [-0.05, 0) is 31.4 Å². The molecule has 1 N–H and O–H groups in total. The van der Waals surface area contributed by atoms with E-state index in [0.29, 0.717) is 6.54 Å². The summed E-state index contributed by atoms with van der Waals surface area (Å²) in [4.78, 5) is 21.6. The molecular formula is C21H28N4O2. The maximum Gasteiger partial charge on any atom is 0.230 e. The Labute approximate surface area is 160 Å². The van der Waals surface area contributed by atoms with Crippen LogP contribution in [0.25, 0.3) is 0 Å². The van der Waals surface area contributed by atoms with E-state index in [4.69, 9.17) is 0 Å². The second-order valence-electron chi connectivity index (χ2n) is 7.86. The van der Waals surface area contributed by atoms with Crippen LogP contribution in [0, 0.1) is 5.41 Å². The van der Waals surface area contributed by atoms with Gasteiger partial charge in [0.1, 0.15) is 0 Å². The number of rotatable bonds is 6. The van der Waals surface area contributed by atoms with Crippen LogP contribution in [0.15, 0.2) is 42.9 Å². The van der Waals surface area contributed by atoms with Crippen molar-refractivity contribution >= 4 is 5.91 Å². The van der Waals surface area contributed by atoms with Crippen molar-refractivity contribution in [3.05, 3.63) is 54.1 Å². The number of likely N-dealkylation sites (tertiary alicyclic amines) is 2. The Morgan fingerprint density at radius 2 is 1.96 bits per heavy atom. The number of aliphatic hydroxyl groups is 1. The van der Waals surface area contributed by atoms with Crippen LogP contribution in [0.4, 0.5) is 0 Å². The highest BCUT2D eigenvalue weighted by atomic mass is 16.3. The first-order chi connectivity index (χ1) is 13.2. The van der Waals surface area contributed by atoms with Crippen LogP contribution in [-0.4, -0.2) is 63.2 Å². The lowest BCUT2D eigenvalue weighted by Gasteiger charge is -2.39. The van der Waals surface area contributed by atoms with Gasteiger partial charge in [-0.1, -0.05) is 30.3 Å². The van der Waals surface area contributed by atoms with E-state index in [0.717, 1.165) is 52.0 Å². The van der Waals surface area contributed by atoms with Crippen molar-refractivity contribution in [2.45, 2.75) is 32.4 Å². The Morgan fingerprint density at radius 3 is 2.78 bits per heavy atom. The molecule has 1 atom stereocenters. The van der Waals surface area contributed by atoms with Gasteiger partial charge in [-0.2, -0.15) is 0 Å². The van der Waals surface area contributed by atoms with E-state index in [9.17, 15) is 9.90 Å². The summed E-state index contributed by atoms with van der Waals surface area (Å²) in [5.74, 6) is 0.239. The summed E-state index contributed by atoms with van der Waals surface area (Å²) >= 11 is 0. The predicted octanol–water partition coefficient (Wildman–Crippen LogP) is 1.74. The molecular weight excluding hydrogens is 340 g/mol. The number of benzene rings is 1. The predicted molar refractivity (Wildman–Crippen MR) is 103 cm³/mol. The van der Waals surface area contributed by atoms with Gasteiger partial charge in [-0.3, -0.25) is 9.69 Å². The SMILES string of the molecule is O=C1N(CCO)CCC[C@]12CCN(Cc1cncn1Cc1ccccc1)C2. The Kier molecular flexibility index (Phi) is 5.27. The third-order valence-corrected chi connectivity index (χ3v) is 6.01. The number of nitrogens with zero attached hydrogens (tertiary/aromatic N) is 4. The third kappa shape index (κ3) is 3.77. The van der Waals surface area contributed by atoms with Gasteiger partial charge in [-0.15, -0.1) is 0 Å². The normalized spacial score (nSPS) is 23.4. The summed E-state index contributed by atoms with van der Waals surface area (Å²) in [6.07, 6.45) is 6.75. The van der Waals surface area contributed by atoms with Crippen LogP contribution in [0.5, 0.6) is 0 Å². The minimum absolute atomic E-state index is 0.0458. The number of hydrogen-bond donors (Lipinski definition) is 1. The van der Waals surface area contributed by atoms with Crippen molar-refractivity contribution in [1.29, 1.82) is 0 Å². The highest BCUT2D eigenvalue weighted by Gasteiger charge is 2.48. The fourth-order valence-corrected chi connectivity index (χ4v) is 4.59. The summed E-state index contributed by atoms with van der Waals surface area (Å²) in [7, 11) is 0. The lowest BCUT2D eigenvalue weighted by molar-refractivity contribution is -0.146. The van der Waals surface area contributed by atoms with E-state index in [2.05, 4.69) is 38.7 Å². The molecule has 144 valence electrons. The van der Waals surface area contributed by atoms with Gasteiger partial charge in [0.05, 0.1) is 24.0 Å². The molecule has 6 heteroatoms. The molecule has 0 unspecified atom stereocenters. The van der Waals surface area contributed by atoms with Crippen LogP contribution in [0.1, 0.15) is 30.5 Å². The first-order valence-electron chi connectivity index (χ1n) is 9.86. The molecule has 2 aliphatic heterocycles.